The van der Waals surface area contributed by atoms with Gasteiger partial charge in [0, 0.05) is 49.3 Å². The summed E-state index contributed by atoms with van der Waals surface area (Å²) in [7, 11) is 0. The van der Waals surface area contributed by atoms with Gasteiger partial charge in [0.25, 0.3) is 0 Å². The van der Waals surface area contributed by atoms with Crippen molar-refractivity contribution in [2.45, 2.75) is 77.5 Å². The Bertz CT molecular complexity index is 248. The third kappa shape index (κ3) is 7.58. The predicted octanol–water partition coefficient (Wildman–Crippen LogP) is 1.47. The molecule has 4 N–H and O–H groups in total. The Morgan fingerprint density at radius 1 is 0.650 bits per heavy atom. The minimum Gasteiger partial charge on any atom is -0.313 e. The molecule has 1 saturated heterocycles. The lowest BCUT2D eigenvalue weighted by Gasteiger charge is -2.34. The molecule has 1 aliphatic rings. The molecule has 0 spiro atoms. The predicted molar refractivity (Wildman–Crippen MR) is 88.3 cm³/mol. The average Bonchev–Trinajstić information content (AvgIpc) is 2.28. The molecule has 4 heteroatoms. The Labute approximate surface area is 125 Å². The summed E-state index contributed by atoms with van der Waals surface area (Å²) in [5.41, 5.74) is 0.367. The second-order valence-corrected chi connectivity index (χ2v) is 7.74. The van der Waals surface area contributed by atoms with Gasteiger partial charge >= 0.3 is 0 Å². The Kier molecular flexibility index (Phi) is 6.92. The topological polar surface area (TPSA) is 48.1 Å². The summed E-state index contributed by atoms with van der Waals surface area (Å²) in [6.07, 6.45) is 2.29. The number of hydrogen-bond donors (Lipinski definition) is 4. The molecule has 1 fully saturated rings. The van der Waals surface area contributed by atoms with Gasteiger partial charge in [-0.2, -0.15) is 0 Å². The molecule has 0 aromatic rings. The van der Waals surface area contributed by atoms with E-state index < -0.39 is 0 Å². The van der Waals surface area contributed by atoms with E-state index in [9.17, 15) is 0 Å². The van der Waals surface area contributed by atoms with Crippen molar-refractivity contribution in [1.82, 2.24) is 21.3 Å². The molecule has 0 aromatic heterocycles. The van der Waals surface area contributed by atoms with Crippen molar-refractivity contribution in [3.8, 4) is 0 Å². The molecule has 1 heterocycles. The van der Waals surface area contributed by atoms with Gasteiger partial charge in [0.1, 0.15) is 0 Å². The van der Waals surface area contributed by atoms with Gasteiger partial charge < -0.3 is 21.3 Å². The van der Waals surface area contributed by atoms with E-state index in [4.69, 9.17) is 0 Å². The molecule has 0 saturated carbocycles. The quantitative estimate of drug-likeness (QED) is 0.544. The van der Waals surface area contributed by atoms with E-state index in [1.165, 1.54) is 0 Å². The highest BCUT2D eigenvalue weighted by Gasteiger charge is 2.23. The van der Waals surface area contributed by atoms with Crippen LogP contribution in [-0.2, 0) is 0 Å². The van der Waals surface area contributed by atoms with E-state index in [1.54, 1.807) is 0 Å². The van der Waals surface area contributed by atoms with Crippen molar-refractivity contribution < 1.29 is 0 Å². The average molecular weight is 284 g/mol. The minimum absolute atomic E-state index is 0.184. The van der Waals surface area contributed by atoms with Crippen LogP contribution < -0.4 is 21.3 Å². The maximum Gasteiger partial charge on any atom is 0.0140 e. The molecule has 0 radical (unpaired) electrons. The summed E-state index contributed by atoms with van der Waals surface area (Å²) in [6, 6.07) is 1.09. The lowest BCUT2D eigenvalue weighted by molar-refractivity contribution is 0.281. The molecule has 4 nitrogen and oxygen atoms in total. The smallest absolute Gasteiger partial charge is 0.0140 e. The van der Waals surface area contributed by atoms with Gasteiger partial charge in [-0.1, -0.05) is 0 Å². The third-order valence-corrected chi connectivity index (χ3v) is 4.08. The summed E-state index contributed by atoms with van der Waals surface area (Å²) < 4.78 is 0. The number of hydrogen-bond acceptors (Lipinski definition) is 4. The molecule has 0 aromatic carbocycles. The first-order chi connectivity index (χ1) is 9.20. The van der Waals surface area contributed by atoms with Crippen LogP contribution in [0.4, 0.5) is 0 Å². The normalized spacial score (nSPS) is 33.3. The second-order valence-electron chi connectivity index (χ2n) is 7.74. The van der Waals surface area contributed by atoms with Crippen LogP contribution in [-0.4, -0.2) is 49.3 Å². The van der Waals surface area contributed by atoms with Crippen LogP contribution in [0.3, 0.4) is 0 Å². The maximum absolute atomic E-state index is 3.67. The molecule has 20 heavy (non-hydrogen) atoms. The first-order valence-electron chi connectivity index (χ1n) is 8.17. The van der Waals surface area contributed by atoms with Gasteiger partial charge in [0.15, 0.2) is 0 Å². The highest BCUT2D eigenvalue weighted by molar-refractivity contribution is 4.86. The standard InChI is InChI=1S/C16H36N4/c1-13-11-15(3,4)19-9-10-20-16(5,6)12-14(2)18-8-7-17-13/h13-14,17-20H,7-12H2,1-6H3/t13-,14-/m1/s1. The van der Waals surface area contributed by atoms with Gasteiger partial charge in [0.2, 0.25) is 0 Å². The Morgan fingerprint density at radius 3 is 1.35 bits per heavy atom. The van der Waals surface area contributed by atoms with E-state index in [0.717, 1.165) is 39.0 Å². The minimum atomic E-state index is 0.184. The fraction of sp³-hybridized carbons (Fsp3) is 1.00. The van der Waals surface area contributed by atoms with Crippen molar-refractivity contribution >= 4 is 0 Å². The summed E-state index contributed by atoms with van der Waals surface area (Å²) in [5, 5.41) is 14.6. The number of nitrogens with one attached hydrogen (secondary N) is 4. The summed E-state index contributed by atoms with van der Waals surface area (Å²) >= 11 is 0. The zero-order chi connectivity index (χ0) is 15.2. The summed E-state index contributed by atoms with van der Waals surface area (Å²) in [5.74, 6) is 0. The van der Waals surface area contributed by atoms with E-state index in [0.29, 0.717) is 12.1 Å². The van der Waals surface area contributed by atoms with Crippen LogP contribution in [0.5, 0.6) is 0 Å². The first-order valence-corrected chi connectivity index (χ1v) is 8.17. The fourth-order valence-corrected chi connectivity index (χ4v) is 3.26. The van der Waals surface area contributed by atoms with E-state index in [2.05, 4.69) is 62.8 Å². The van der Waals surface area contributed by atoms with Crippen LogP contribution in [0.1, 0.15) is 54.4 Å². The van der Waals surface area contributed by atoms with Crippen molar-refractivity contribution in [3.05, 3.63) is 0 Å². The van der Waals surface area contributed by atoms with Crippen LogP contribution in [0, 0.1) is 0 Å². The van der Waals surface area contributed by atoms with Gasteiger partial charge in [0.05, 0.1) is 0 Å². The summed E-state index contributed by atoms with van der Waals surface area (Å²) in [4.78, 5) is 0. The fourth-order valence-electron chi connectivity index (χ4n) is 3.26. The zero-order valence-electron chi connectivity index (χ0n) is 14.4. The molecular weight excluding hydrogens is 248 g/mol. The van der Waals surface area contributed by atoms with Crippen molar-refractivity contribution in [2.24, 2.45) is 0 Å². The monoisotopic (exact) mass is 284 g/mol. The van der Waals surface area contributed by atoms with Crippen LogP contribution in [0.15, 0.2) is 0 Å². The van der Waals surface area contributed by atoms with Gasteiger partial charge in [-0.3, -0.25) is 0 Å². The van der Waals surface area contributed by atoms with Crippen LogP contribution in [0.2, 0.25) is 0 Å². The molecule has 1 aliphatic heterocycles. The molecular formula is C16H36N4. The van der Waals surface area contributed by atoms with E-state index in [1.807, 2.05) is 0 Å². The maximum atomic E-state index is 3.67. The highest BCUT2D eigenvalue weighted by Crippen LogP contribution is 2.13. The molecule has 1 rings (SSSR count). The third-order valence-electron chi connectivity index (χ3n) is 4.08. The number of rotatable bonds is 0. The molecule has 2 atom stereocenters. The Balaban J connectivity index is 2.56. The van der Waals surface area contributed by atoms with Crippen molar-refractivity contribution in [2.75, 3.05) is 26.2 Å². The first kappa shape index (κ1) is 17.9. The van der Waals surface area contributed by atoms with Gasteiger partial charge in [-0.05, 0) is 54.4 Å². The van der Waals surface area contributed by atoms with Gasteiger partial charge in [-0.25, -0.2) is 0 Å². The Hall–Kier alpha value is -0.160. The van der Waals surface area contributed by atoms with E-state index >= 15 is 0 Å². The van der Waals surface area contributed by atoms with Crippen molar-refractivity contribution in [1.29, 1.82) is 0 Å². The molecule has 120 valence electrons. The largest absolute Gasteiger partial charge is 0.313 e. The summed E-state index contributed by atoms with van der Waals surface area (Å²) in [6.45, 7) is 17.8. The molecule has 0 unspecified atom stereocenters. The zero-order valence-corrected chi connectivity index (χ0v) is 14.4. The highest BCUT2D eigenvalue weighted by atomic mass is 15.1. The van der Waals surface area contributed by atoms with Gasteiger partial charge in [-0.15, -0.1) is 0 Å². The van der Waals surface area contributed by atoms with Crippen LogP contribution >= 0.6 is 0 Å². The van der Waals surface area contributed by atoms with E-state index in [-0.39, 0.29) is 11.1 Å². The molecule has 0 aliphatic carbocycles. The Morgan fingerprint density at radius 2 is 1.00 bits per heavy atom. The second kappa shape index (κ2) is 7.74. The lowest BCUT2D eigenvalue weighted by Crippen LogP contribution is -2.52. The van der Waals surface area contributed by atoms with Crippen molar-refractivity contribution in [3.63, 3.8) is 0 Å². The SMILES string of the molecule is C[C@@H]1CC(C)(C)NCCNC(C)(C)C[C@@H](C)NCCN1. The molecule has 0 bridgehead atoms. The molecule has 0 amide bonds. The lowest BCUT2D eigenvalue weighted by atomic mass is 9.94. The van der Waals surface area contributed by atoms with Crippen LogP contribution in [0.25, 0.3) is 0 Å².